The van der Waals surface area contributed by atoms with E-state index >= 15 is 0 Å². The molecule has 3 saturated heterocycles. The van der Waals surface area contributed by atoms with Crippen LogP contribution in [0.2, 0.25) is 5.02 Å². The number of unbranched alkanes of at least 4 members (excludes halogenated alkanes) is 1. The van der Waals surface area contributed by atoms with Gasteiger partial charge in [-0.25, -0.2) is 35.9 Å². The molecule has 6 N–H and O–H groups in total. The Morgan fingerprint density at radius 3 is 1.84 bits per heavy atom. The number of amides is 4. The van der Waals surface area contributed by atoms with Crippen LogP contribution in [0.25, 0.3) is 0 Å². The predicted molar refractivity (Wildman–Crippen MR) is 278 cm³/mol. The Labute approximate surface area is 435 Å². The Balaban J connectivity index is 0.684. The molecule has 0 bridgehead atoms. The molecule has 4 atom stereocenters. The lowest BCUT2D eigenvalue weighted by Crippen LogP contribution is -2.42. The number of ether oxygens (including phenoxy) is 3. The first-order valence-corrected chi connectivity index (χ1v) is 28.8. The number of hydrogen-bond donors (Lipinski definition) is 6. The van der Waals surface area contributed by atoms with Crippen molar-refractivity contribution in [3.8, 4) is 11.8 Å². The molecule has 20 nitrogen and oxygen atoms in total. The molecule has 3 aliphatic heterocycles. The summed E-state index contributed by atoms with van der Waals surface area (Å²) in [5, 5.41) is 21.5. The molecule has 3 fully saturated rings. The maximum atomic E-state index is 13.5. The highest BCUT2D eigenvalue weighted by Crippen LogP contribution is 2.41. The van der Waals surface area contributed by atoms with Crippen LogP contribution in [0.15, 0.2) is 76.5 Å². The molecule has 3 aromatic carbocycles. The average Bonchev–Trinajstić information content (AvgIpc) is 4.07. The molecule has 0 aromatic heterocycles. The monoisotopic (exact) mass is 1070 g/mol. The second-order valence-corrected chi connectivity index (χ2v) is 22.9. The molecule has 1 aliphatic carbocycles. The van der Waals surface area contributed by atoms with E-state index in [4.69, 9.17) is 25.8 Å². The number of halogens is 1. The topological polar surface area (TPSA) is 239 Å². The fraction of sp³-hybridized carbons (Fsp3) is 0.580. The molecular weight excluding hydrogens is 998 g/mol. The van der Waals surface area contributed by atoms with Crippen LogP contribution in [-0.4, -0.2) is 192 Å². The van der Waals surface area contributed by atoms with Gasteiger partial charge in [-0.2, -0.15) is 5.26 Å². The van der Waals surface area contributed by atoms with Crippen molar-refractivity contribution in [2.45, 2.75) is 72.5 Å². The number of hydrogen-bond acceptors (Lipinski definition) is 14. The van der Waals surface area contributed by atoms with Crippen molar-refractivity contribution in [2.75, 3.05) is 125 Å². The Bertz CT molecular complexity index is 2530. The number of likely N-dealkylation sites (tertiary alicyclic amines) is 2. The van der Waals surface area contributed by atoms with Gasteiger partial charge in [0, 0.05) is 82.6 Å². The van der Waals surface area contributed by atoms with Gasteiger partial charge < -0.3 is 40.4 Å². The molecule has 4 amide bonds. The Morgan fingerprint density at radius 2 is 1.26 bits per heavy atom. The van der Waals surface area contributed by atoms with E-state index in [9.17, 15) is 31.7 Å². The van der Waals surface area contributed by atoms with Gasteiger partial charge in [0.1, 0.15) is 11.9 Å². The number of carbonyl (C=O) groups is 2. The molecule has 73 heavy (non-hydrogen) atoms. The molecule has 23 heteroatoms. The first-order chi connectivity index (χ1) is 35.3. The number of carbonyl (C=O) groups excluding carboxylic acids is 2. The van der Waals surface area contributed by atoms with E-state index in [1.807, 2.05) is 6.07 Å². The van der Waals surface area contributed by atoms with E-state index in [0.29, 0.717) is 121 Å². The molecule has 400 valence electrons. The maximum Gasteiger partial charge on any atom is 0.314 e. The van der Waals surface area contributed by atoms with Gasteiger partial charge in [-0.3, -0.25) is 14.7 Å². The minimum Gasteiger partial charge on any atom is -0.484 e. The second kappa shape index (κ2) is 27.8. The summed E-state index contributed by atoms with van der Waals surface area (Å²) < 4.78 is 75.8. The van der Waals surface area contributed by atoms with Gasteiger partial charge in [-0.15, -0.1) is 0 Å². The molecule has 0 saturated carbocycles. The summed E-state index contributed by atoms with van der Waals surface area (Å²) in [5.41, 5.74) is 2.42. The highest BCUT2D eigenvalue weighted by molar-refractivity contribution is 7.89. The van der Waals surface area contributed by atoms with E-state index < -0.39 is 20.0 Å². The average molecular weight is 1070 g/mol. The van der Waals surface area contributed by atoms with Gasteiger partial charge in [0.2, 0.25) is 20.0 Å². The summed E-state index contributed by atoms with van der Waals surface area (Å²) in [6.07, 6.45) is 4.10. The lowest BCUT2D eigenvalue weighted by Gasteiger charge is -2.32. The molecule has 0 radical (unpaired) electrons. The molecule has 4 aliphatic rings. The van der Waals surface area contributed by atoms with Crippen LogP contribution in [0.5, 0.6) is 5.75 Å². The van der Waals surface area contributed by atoms with Gasteiger partial charge in [-0.05, 0) is 131 Å². The number of nitriles is 1. The van der Waals surface area contributed by atoms with Gasteiger partial charge in [0.25, 0.3) is 0 Å². The SMILES string of the molecule is CN1CCCN([C@H]2Cc3c(C#N)cc(Cl)cc3[C@@H]2Oc2ccc(S(=O)(=O)N[C@@H]3CCN(CCOCCNC(=O)NCCCCNC(=O)NCCOCCN4CC[C@@H](NS(=O)(=O)c5ccccc5)C4)C3)cc2)CC1. The van der Waals surface area contributed by atoms with Crippen molar-refractivity contribution in [3.05, 3.63) is 88.4 Å². The number of urea groups is 2. The quantitative estimate of drug-likeness (QED) is 0.0635. The van der Waals surface area contributed by atoms with Crippen LogP contribution in [0.1, 0.15) is 54.9 Å². The highest BCUT2D eigenvalue weighted by atomic mass is 35.5. The minimum atomic E-state index is -3.80. The highest BCUT2D eigenvalue weighted by Gasteiger charge is 2.40. The number of likely N-dealkylation sites (N-methyl/N-ethyl adjacent to an activating group) is 1. The first-order valence-electron chi connectivity index (χ1n) is 25.4. The van der Waals surface area contributed by atoms with Crippen molar-refractivity contribution >= 4 is 43.7 Å². The summed E-state index contributed by atoms with van der Waals surface area (Å²) in [5.74, 6) is 0.539. The van der Waals surface area contributed by atoms with E-state index in [1.54, 1.807) is 60.7 Å². The minimum absolute atomic E-state index is 0.00781. The summed E-state index contributed by atoms with van der Waals surface area (Å²) in [6, 6.07) is 19.8. The molecule has 0 spiro atoms. The maximum absolute atomic E-state index is 13.5. The molecular formula is C50H72ClN11O9S2. The largest absolute Gasteiger partial charge is 0.484 e. The van der Waals surface area contributed by atoms with Crippen LogP contribution < -0.4 is 35.4 Å². The third kappa shape index (κ3) is 17.2. The van der Waals surface area contributed by atoms with Gasteiger partial charge in [-0.1, -0.05) is 29.8 Å². The zero-order chi connectivity index (χ0) is 51.6. The molecule has 0 unspecified atom stereocenters. The van der Waals surface area contributed by atoms with Crippen LogP contribution in [0.3, 0.4) is 0 Å². The van der Waals surface area contributed by atoms with E-state index in [1.165, 1.54) is 0 Å². The van der Waals surface area contributed by atoms with E-state index in [-0.39, 0.29) is 46.1 Å². The number of nitrogens with one attached hydrogen (secondary N) is 6. The Morgan fingerprint density at radius 1 is 0.699 bits per heavy atom. The fourth-order valence-corrected chi connectivity index (χ4v) is 12.5. The number of benzene rings is 3. The lowest BCUT2D eigenvalue weighted by atomic mass is 10.0. The Kier molecular flexibility index (Phi) is 21.3. The van der Waals surface area contributed by atoms with Crippen molar-refractivity contribution in [1.82, 2.24) is 50.3 Å². The standard InChI is InChI=1S/C50H72ClN11O9S2/c1-59-20-7-21-62(25-24-59)47-34-45-38(35-52)32-39(51)33-46(45)48(47)71-42-10-12-44(13-11-42)73(67,68)58-41-15-23-61(37-41)27-31-70-29-19-56-50(64)54-17-6-5-16-53-49(63)55-18-28-69-30-26-60-22-14-40(36-60)57-72(65,66)43-8-3-2-4-9-43/h2-4,8-13,32-33,40-41,47-48,57-58H,5-7,14-31,34,36-37H2,1H3,(H2,53,55,63)(H2,54,56,64)/t40-,41-,47+,48+/m1/s1. The van der Waals surface area contributed by atoms with Crippen LogP contribution in [0.4, 0.5) is 9.59 Å². The van der Waals surface area contributed by atoms with Crippen molar-refractivity contribution in [3.63, 3.8) is 0 Å². The zero-order valence-corrected chi connectivity index (χ0v) is 44.1. The fourth-order valence-electron chi connectivity index (χ4n) is 9.75. The van der Waals surface area contributed by atoms with Crippen molar-refractivity contribution < 1.29 is 40.6 Å². The zero-order valence-electron chi connectivity index (χ0n) is 41.7. The van der Waals surface area contributed by atoms with E-state index in [2.05, 4.69) is 63.4 Å². The first kappa shape index (κ1) is 56.1. The third-order valence-electron chi connectivity index (χ3n) is 13.6. The van der Waals surface area contributed by atoms with Crippen molar-refractivity contribution in [1.29, 1.82) is 5.26 Å². The smallest absolute Gasteiger partial charge is 0.314 e. The molecule has 3 aromatic rings. The van der Waals surface area contributed by atoms with Gasteiger partial charge >= 0.3 is 12.1 Å². The third-order valence-corrected chi connectivity index (χ3v) is 16.9. The number of rotatable bonds is 26. The van der Waals surface area contributed by atoms with Crippen LogP contribution in [0, 0.1) is 11.3 Å². The molecule has 3 heterocycles. The normalized spacial score (nSPS) is 21.1. The molecule has 7 rings (SSSR count). The lowest BCUT2D eigenvalue weighted by molar-refractivity contribution is 0.0805. The summed E-state index contributed by atoms with van der Waals surface area (Å²) in [4.78, 5) is 33.8. The van der Waals surface area contributed by atoms with Crippen molar-refractivity contribution in [2.24, 2.45) is 0 Å². The number of fused-ring (bicyclic) bond motifs is 1. The summed E-state index contributed by atoms with van der Waals surface area (Å²) >= 11 is 6.48. The predicted octanol–water partition coefficient (Wildman–Crippen LogP) is 2.71. The summed E-state index contributed by atoms with van der Waals surface area (Å²) in [6.45, 7) is 10.9. The van der Waals surface area contributed by atoms with E-state index in [0.717, 1.165) is 63.2 Å². The van der Waals surface area contributed by atoms with Gasteiger partial charge in [0.05, 0.1) is 53.9 Å². The second-order valence-electron chi connectivity index (χ2n) is 19.0. The van der Waals surface area contributed by atoms with Crippen LogP contribution in [-0.2, 0) is 35.9 Å². The van der Waals surface area contributed by atoms with Gasteiger partial charge in [0.15, 0.2) is 0 Å². The summed E-state index contributed by atoms with van der Waals surface area (Å²) in [7, 11) is -5.21. The van der Waals surface area contributed by atoms with Crippen LogP contribution >= 0.6 is 11.6 Å². The number of nitrogens with zero attached hydrogens (tertiary/aromatic N) is 5. The Hall–Kier alpha value is -4.64. The number of sulfonamides is 2.